The molecule has 2 aromatic heterocycles. The van der Waals surface area contributed by atoms with Crippen LogP contribution in [0.1, 0.15) is 48.2 Å². The topological polar surface area (TPSA) is 115 Å². The van der Waals surface area contributed by atoms with Crippen LogP contribution in [-0.4, -0.2) is 32.6 Å². The van der Waals surface area contributed by atoms with E-state index >= 15 is 0 Å². The van der Waals surface area contributed by atoms with Gasteiger partial charge in [-0.2, -0.15) is 0 Å². The molecular weight excluding hydrogens is 448 g/mol. The second kappa shape index (κ2) is 8.86. The molecule has 0 fully saturated rings. The summed E-state index contributed by atoms with van der Waals surface area (Å²) in [6.45, 7) is 3.75. The van der Waals surface area contributed by atoms with Crippen molar-refractivity contribution in [2.75, 3.05) is 5.32 Å². The molecule has 2 aromatic carbocycles. The molecule has 0 unspecified atom stereocenters. The predicted octanol–water partition coefficient (Wildman–Crippen LogP) is 4.53. The Kier molecular flexibility index (Phi) is 5.58. The molecule has 0 saturated carbocycles. The Hall–Kier alpha value is -4.79. The smallest absolute Gasteiger partial charge is 0.322 e. The summed E-state index contributed by atoms with van der Waals surface area (Å²) in [5, 5.41) is 2.78. The maximum atomic E-state index is 12.8. The van der Waals surface area contributed by atoms with Crippen molar-refractivity contribution < 1.29 is 23.5 Å². The van der Waals surface area contributed by atoms with E-state index in [1.54, 1.807) is 36.4 Å². The molecule has 4 aromatic rings. The lowest BCUT2D eigenvalue weighted by molar-refractivity contribution is 0.0631. The standard InChI is InChI=1S/C26H20N4O5/c1-15-12-16(2)28-26(27-15)35-19-8-6-18(7-9-19)29-23(31)17-5-10-21-22(13-17)25(33)30(24(21)32)14-20-4-3-11-34-20/h3-13H,14H2,1-2H3,(H,29,31). The molecule has 5 rings (SSSR count). The minimum absolute atomic E-state index is 0.0302. The van der Waals surface area contributed by atoms with E-state index in [1.807, 2.05) is 19.9 Å². The van der Waals surface area contributed by atoms with Crippen LogP contribution in [0.15, 0.2) is 71.3 Å². The van der Waals surface area contributed by atoms with Crippen molar-refractivity contribution in [2.45, 2.75) is 20.4 Å². The first-order chi connectivity index (χ1) is 16.9. The van der Waals surface area contributed by atoms with Crippen LogP contribution in [0.2, 0.25) is 0 Å². The summed E-state index contributed by atoms with van der Waals surface area (Å²) >= 11 is 0. The second-order valence-electron chi connectivity index (χ2n) is 8.05. The largest absolute Gasteiger partial charge is 0.467 e. The van der Waals surface area contributed by atoms with Crippen molar-refractivity contribution in [3.8, 4) is 11.8 Å². The molecule has 174 valence electrons. The zero-order valence-electron chi connectivity index (χ0n) is 18.9. The molecule has 3 amide bonds. The zero-order valence-corrected chi connectivity index (χ0v) is 18.9. The van der Waals surface area contributed by atoms with Gasteiger partial charge in [-0.15, -0.1) is 0 Å². The Morgan fingerprint density at radius 3 is 2.34 bits per heavy atom. The molecule has 0 spiro atoms. The van der Waals surface area contributed by atoms with Gasteiger partial charge in [0, 0.05) is 22.6 Å². The van der Waals surface area contributed by atoms with Crippen LogP contribution >= 0.6 is 0 Å². The van der Waals surface area contributed by atoms with Gasteiger partial charge < -0.3 is 14.5 Å². The van der Waals surface area contributed by atoms with Gasteiger partial charge in [0.15, 0.2) is 0 Å². The number of carbonyl (C=O) groups excluding carboxylic acids is 3. The van der Waals surface area contributed by atoms with Gasteiger partial charge in [-0.05, 0) is 74.5 Å². The normalized spacial score (nSPS) is 12.6. The van der Waals surface area contributed by atoms with Crippen molar-refractivity contribution in [1.82, 2.24) is 14.9 Å². The molecule has 1 N–H and O–H groups in total. The molecular formula is C26H20N4O5. The summed E-state index contributed by atoms with van der Waals surface area (Å²) in [4.78, 5) is 47.8. The molecule has 0 radical (unpaired) electrons. The van der Waals surface area contributed by atoms with Gasteiger partial charge in [-0.1, -0.05) is 0 Å². The van der Waals surface area contributed by atoms with Crippen LogP contribution in [0.3, 0.4) is 0 Å². The number of fused-ring (bicyclic) bond motifs is 1. The number of amides is 3. The lowest BCUT2D eigenvalue weighted by Crippen LogP contribution is -2.28. The molecule has 1 aliphatic heterocycles. The number of aromatic nitrogens is 2. The number of imide groups is 1. The van der Waals surface area contributed by atoms with Crippen molar-refractivity contribution >= 4 is 23.4 Å². The Morgan fingerprint density at radius 2 is 1.66 bits per heavy atom. The van der Waals surface area contributed by atoms with Gasteiger partial charge in [0.1, 0.15) is 11.5 Å². The molecule has 1 aliphatic rings. The summed E-state index contributed by atoms with van der Waals surface area (Å²) in [6, 6.07) is 16.7. The number of nitrogens with one attached hydrogen (secondary N) is 1. The quantitative estimate of drug-likeness (QED) is 0.414. The molecule has 9 heteroatoms. The Labute approximate surface area is 200 Å². The van der Waals surface area contributed by atoms with Crippen molar-refractivity contribution in [1.29, 1.82) is 0 Å². The summed E-state index contributed by atoms with van der Waals surface area (Å²) < 4.78 is 10.9. The molecule has 0 aliphatic carbocycles. The van der Waals surface area contributed by atoms with E-state index < -0.39 is 17.7 Å². The highest BCUT2D eigenvalue weighted by Gasteiger charge is 2.36. The first-order valence-corrected chi connectivity index (χ1v) is 10.8. The third-order valence-corrected chi connectivity index (χ3v) is 5.41. The highest BCUT2D eigenvalue weighted by molar-refractivity contribution is 6.22. The van der Waals surface area contributed by atoms with Crippen LogP contribution in [0.5, 0.6) is 11.8 Å². The first-order valence-electron chi connectivity index (χ1n) is 10.8. The number of nitrogens with zero attached hydrogens (tertiary/aromatic N) is 3. The summed E-state index contributed by atoms with van der Waals surface area (Å²) in [7, 11) is 0. The van der Waals surface area contributed by atoms with E-state index in [2.05, 4.69) is 15.3 Å². The van der Waals surface area contributed by atoms with E-state index in [-0.39, 0.29) is 29.2 Å². The number of ether oxygens (including phenoxy) is 1. The van der Waals surface area contributed by atoms with Crippen LogP contribution in [0, 0.1) is 13.8 Å². The number of rotatable bonds is 6. The van der Waals surface area contributed by atoms with Gasteiger partial charge >= 0.3 is 6.01 Å². The lowest BCUT2D eigenvalue weighted by atomic mass is 10.1. The fourth-order valence-electron chi connectivity index (χ4n) is 3.79. The van der Waals surface area contributed by atoms with Gasteiger partial charge in [0.05, 0.1) is 23.9 Å². The molecule has 0 bridgehead atoms. The SMILES string of the molecule is Cc1cc(C)nc(Oc2ccc(NC(=O)c3ccc4c(c3)C(=O)N(Cc3ccco3)C4=O)cc2)n1. The Morgan fingerprint density at radius 1 is 0.943 bits per heavy atom. The van der Waals surface area contributed by atoms with Crippen LogP contribution in [-0.2, 0) is 6.54 Å². The van der Waals surface area contributed by atoms with Gasteiger partial charge in [-0.3, -0.25) is 19.3 Å². The number of hydrogen-bond donors (Lipinski definition) is 1. The van der Waals surface area contributed by atoms with Crippen LogP contribution < -0.4 is 10.1 Å². The van der Waals surface area contributed by atoms with Gasteiger partial charge in [0.25, 0.3) is 17.7 Å². The zero-order chi connectivity index (χ0) is 24.5. The van der Waals surface area contributed by atoms with Crippen LogP contribution in [0.25, 0.3) is 0 Å². The average molecular weight is 468 g/mol. The summed E-state index contributed by atoms with van der Waals surface area (Å²) in [5.41, 5.74) is 2.84. The number of aryl methyl sites for hydroxylation is 2. The van der Waals surface area contributed by atoms with Crippen molar-refractivity contribution in [3.05, 3.63) is 101 Å². The van der Waals surface area contributed by atoms with Gasteiger partial charge in [-0.25, -0.2) is 9.97 Å². The maximum absolute atomic E-state index is 12.8. The third kappa shape index (κ3) is 4.51. The predicted molar refractivity (Wildman–Crippen MR) is 125 cm³/mol. The number of furan rings is 1. The number of hydrogen-bond acceptors (Lipinski definition) is 7. The summed E-state index contributed by atoms with van der Waals surface area (Å²) in [5.74, 6) is -0.285. The average Bonchev–Trinajstić information content (AvgIpc) is 3.42. The van der Waals surface area contributed by atoms with E-state index in [0.29, 0.717) is 17.2 Å². The Bertz CT molecular complexity index is 1430. The van der Waals surface area contributed by atoms with Crippen LogP contribution in [0.4, 0.5) is 5.69 Å². The highest BCUT2D eigenvalue weighted by Crippen LogP contribution is 2.27. The minimum atomic E-state index is -0.467. The molecule has 3 heterocycles. The van der Waals surface area contributed by atoms with E-state index in [0.717, 1.165) is 16.3 Å². The molecule has 35 heavy (non-hydrogen) atoms. The van der Waals surface area contributed by atoms with E-state index in [9.17, 15) is 14.4 Å². The Balaban J connectivity index is 1.27. The molecule has 9 nitrogen and oxygen atoms in total. The number of anilines is 1. The second-order valence-corrected chi connectivity index (χ2v) is 8.05. The number of carbonyl (C=O) groups is 3. The van der Waals surface area contributed by atoms with E-state index in [4.69, 9.17) is 9.15 Å². The fraction of sp³-hybridized carbons (Fsp3) is 0.115. The lowest BCUT2D eigenvalue weighted by Gasteiger charge is -2.11. The van der Waals surface area contributed by atoms with Crippen molar-refractivity contribution in [2.24, 2.45) is 0 Å². The maximum Gasteiger partial charge on any atom is 0.322 e. The highest BCUT2D eigenvalue weighted by atomic mass is 16.5. The molecule has 0 atom stereocenters. The third-order valence-electron chi connectivity index (χ3n) is 5.41. The number of benzene rings is 2. The van der Waals surface area contributed by atoms with Gasteiger partial charge in [0.2, 0.25) is 0 Å². The van der Waals surface area contributed by atoms with Crippen molar-refractivity contribution in [3.63, 3.8) is 0 Å². The monoisotopic (exact) mass is 468 g/mol. The first kappa shape index (κ1) is 22.0. The fourth-order valence-corrected chi connectivity index (χ4v) is 3.79. The van der Waals surface area contributed by atoms with E-state index in [1.165, 1.54) is 24.5 Å². The summed E-state index contributed by atoms with van der Waals surface area (Å²) in [6.07, 6.45) is 1.48. The minimum Gasteiger partial charge on any atom is -0.467 e. The molecule has 0 saturated heterocycles.